The van der Waals surface area contributed by atoms with E-state index in [1.807, 2.05) is 64.4 Å². The normalized spacial score (nSPS) is 17.3. The first-order valence-corrected chi connectivity index (χ1v) is 13.7. The topological polar surface area (TPSA) is 117 Å². The number of likely N-dealkylation sites (N-methyl/N-ethyl adjacent to an activating group) is 1. The van der Waals surface area contributed by atoms with E-state index in [1.54, 1.807) is 28.0 Å². The highest BCUT2D eigenvalue weighted by molar-refractivity contribution is 5.89. The summed E-state index contributed by atoms with van der Waals surface area (Å²) in [6.07, 6.45) is 2.74. The van der Waals surface area contributed by atoms with Crippen LogP contribution in [0.5, 0.6) is 5.75 Å². The molecule has 0 aromatic heterocycles. The molecule has 1 saturated heterocycles. The van der Waals surface area contributed by atoms with Gasteiger partial charge in [-0.1, -0.05) is 42.5 Å². The molecule has 1 heterocycles. The minimum Gasteiger partial charge on any atom is -0.497 e. The maximum atomic E-state index is 13.7. The third-order valence-corrected chi connectivity index (χ3v) is 7.40. The van der Waals surface area contributed by atoms with Gasteiger partial charge in [0.25, 0.3) is 0 Å². The van der Waals surface area contributed by atoms with Gasteiger partial charge in [0, 0.05) is 25.7 Å². The van der Waals surface area contributed by atoms with Crippen LogP contribution in [0.15, 0.2) is 54.6 Å². The highest BCUT2D eigenvalue weighted by Gasteiger charge is 2.35. The number of benzene rings is 2. The Kier molecular flexibility index (Phi) is 11.3. The van der Waals surface area contributed by atoms with Gasteiger partial charge >= 0.3 is 0 Å². The molecule has 39 heavy (non-hydrogen) atoms. The van der Waals surface area contributed by atoms with Gasteiger partial charge in [-0.15, -0.1) is 0 Å². The summed E-state index contributed by atoms with van der Waals surface area (Å²) in [5, 5.41) is 5.69. The number of hydrogen-bond acceptors (Lipinski definition) is 6. The fourth-order valence-electron chi connectivity index (χ4n) is 4.89. The molecule has 0 bridgehead atoms. The lowest BCUT2D eigenvalue weighted by atomic mass is 10.0. The maximum Gasteiger partial charge on any atom is 0.245 e. The van der Waals surface area contributed by atoms with Crippen LogP contribution >= 0.6 is 0 Å². The summed E-state index contributed by atoms with van der Waals surface area (Å²) in [6, 6.07) is 15.7. The average molecular weight is 538 g/mol. The summed E-state index contributed by atoms with van der Waals surface area (Å²) >= 11 is 0. The number of carbonyl (C=O) groups is 3. The molecule has 212 valence electrons. The molecule has 2 aromatic rings. The standard InChI is InChI=1S/C30H43N5O4/c1-21(32-3)28(36)33-22(2)29(37)35-17-8-11-25(35)20-34(18-16-23-9-6-5-7-10-23)30(38)27(31)19-24-12-14-26(39-4)15-13-24/h5-7,9-10,12-15,21-22,25,27,32H,8,11,16-20,31H2,1-4H3,(H,33,36)/t21-,22?,25-,27+/m0/s1. The van der Waals surface area contributed by atoms with E-state index < -0.39 is 18.1 Å². The Hall–Kier alpha value is -3.43. The molecule has 0 saturated carbocycles. The molecule has 4 atom stereocenters. The maximum absolute atomic E-state index is 13.7. The van der Waals surface area contributed by atoms with Crippen LogP contribution in [0.2, 0.25) is 0 Å². The van der Waals surface area contributed by atoms with Crippen molar-refractivity contribution in [3.8, 4) is 5.75 Å². The first-order valence-electron chi connectivity index (χ1n) is 13.7. The molecule has 3 rings (SSSR count). The van der Waals surface area contributed by atoms with Crippen molar-refractivity contribution in [2.45, 2.75) is 63.7 Å². The lowest BCUT2D eigenvalue weighted by molar-refractivity contribution is -0.139. The summed E-state index contributed by atoms with van der Waals surface area (Å²) in [7, 11) is 3.32. The molecular weight excluding hydrogens is 494 g/mol. The molecule has 3 amide bonds. The second-order valence-electron chi connectivity index (χ2n) is 10.2. The third kappa shape index (κ3) is 8.53. The fraction of sp³-hybridized carbons (Fsp3) is 0.500. The first-order chi connectivity index (χ1) is 18.7. The van der Waals surface area contributed by atoms with Crippen LogP contribution in [0.4, 0.5) is 0 Å². The summed E-state index contributed by atoms with van der Waals surface area (Å²) < 4.78 is 5.23. The number of hydrogen-bond donors (Lipinski definition) is 3. The van der Waals surface area contributed by atoms with Gasteiger partial charge in [0.2, 0.25) is 17.7 Å². The van der Waals surface area contributed by atoms with E-state index in [0.717, 1.165) is 29.7 Å². The van der Waals surface area contributed by atoms with Gasteiger partial charge in [0.15, 0.2) is 0 Å². The summed E-state index contributed by atoms with van der Waals surface area (Å²) in [5.74, 6) is 0.260. The number of nitrogens with two attached hydrogens (primary N) is 1. The lowest BCUT2D eigenvalue weighted by Gasteiger charge is -2.34. The van der Waals surface area contributed by atoms with Crippen LogP contribution in [-0.2, 0) is 27.2 Å². The van der Waals surface area contributed by atoms with Crippen molar-refractivity contribution in [3.63, 3.8) is 0 Å². The number of nitrogens with one attached hydrogen (secondary N) is 2. The van der Waals surface area contributed by atoms with E-state index >= 15 is 0 Å². The van der Waals surface area contributed by atoms with Crippen molar-refractivity contribution in [1.29, 1.82) is 0 Å². The zero-order valence-corrected chi connectivity index (χ0v) is 23.6. The molecular formula is C30H43N5O4. The Labute approximate surface area is 232 Å². The van der Waals surface area contributed by atoms with Crippen LogP contribution in [-0.4, -0.2) is 85.5 Å². The van der Waals surface area contributed by atoms with Crippen molar-refractivity contribution in [2.24, 2.45) is 5.73 Å². The van der Waals surface area contributed by atoms with Gasteiger partial charge in [-0.05, 0) is 69.8 Å². The Morgan fingerprint density at radius 1 is 1.05 bits per heavy atom. The fourth-order valence-corrected chi connectivity index (χ4v) is 4.89. The largest absolute Gasteiger partial charge is 0.497 e. The monoisotopic (exact) mass is 537 g/mol. The molecule has 1 aliphatic heterocycles. The highest BCUT2D eigenvalue weighted by atomic mass is 16.5. The van der Waals surface area contributed by atoms with Crippen molar-refractivity contribution in [3.05, 3.63) is 65.7 Å². The van der Waals surface area contributed by atoms with Crippen LogP contribution in [0.1, 0.15) is 37.8 Å². The number of nitrogens with zero attached hydrogens (tertiary/aromatic N) is 2. The summed E-state index contributed by atoms with van der Waals surface area (Å²) in [5.41, 5.74) is 8.54. The molecule has 1 fully saturated rings. The number of carbonyl (C=O) groups excluding carboxylic acids is 3. The SMILES string of the molecule is CN[C@@H](C)C(=O)NC(C)C(=O)N1CCC[C@H]1CN(CCc1ccccc1)C(=O)[C@H](N)Cc1ccc(OC)cc1. The highest BCUT2D eigenvalue weighted by Crippen LogP contribution is 2.21. The zero-order valence-electron chi connectivity index (χ0n) is 23.6. The Morgan fingerprint density at radius 3 is 2.38 bits per heavy atom. The first kappa shape index (κ1) is 30.1. The Morgan fingerprint density at radius 2 is 1.74 bits per heavy atom. The predicted molar refractivity (Wildman–Crippen MR) is 152 cm³/mol. The van der Waals surface area contributed by atoms with E-state index in [9.17, 15) is 14.4 Å². The Bertz CT molecular complexity index is 1080. The van der Waals surface area contributed by atoms with E-state index in [2.05, 4.69) is 10.6 Å². The molecule has 0 radical (unpaired) electrons. The lowest BCUT2D eigenvalue weighted by Crippen LogP contribution is -2.55. The van der Waals surface area contributed by atoms with Crippen molar-refractivity contribution < 1.29 is 19.1 Å². The van der Waals surface area contributed by atoms with E-state index in [1.165, 1.54) is 0 Å². The molecule has 0 spiro atoms. The minimum atomic E-state index is -0.707. The second-order valence-corrected chi connectivity index (χ2v) is 10.2. The predicted octanol–water partition coefficient (Wildman–Crippen LogP) is 1.74. The zero-order chi connectivity index (χ0) is 28.4. The van der Waals surface area contributed by atoms with E-state index in [-0.39, 0.29) is 23.8 Å². The number of methoxy groups -OCH3 is 1. The van der Waals surface area contributed by atoms with Crippen LogP contribution < -0.4 is 21.1 Å². The number of rotatable bonds is 13. The second kappa shape index (κ2) is 14.6. The summed E-state index contributed by atoms with van der Waals surface area (Å²) in [6.45, 7) is 4.96. The van der Waals surface area contributed by atoms with Gasteiger partial charge < -0.3 is 30.9 Å². The van der Waals surface area contributed by atoms with Gasteiger partial charge in [0.05, 0.1) is 19.2 Å². The van der Waals surface area contributed by atoms with Crippen molar-refractivity contribution in [1.82, 2.24) is 20.4 Å². The molecule has 9 heteroatoms. The number of ether oxygens (including phenoxy) is 1. The number of amides is 3. The Balaban J connectivity index is 1.71. The van der Waals surface area contributed by atoms with Gasteiger partial charge in [0.1, 0.15) is 11.8 Å². The van der Waals surface area contributed by atoms with Gasteiger partial charge in [-0.3, -0.25) is 14.4 Å². The van der Waals surface area contributed by atoms with Crippen LogP contribution in [0.25, 0.3) is 0 Å². The van der Waals surface area contributed by atoms with E-state index in [4.69, 9.17) is 10.5 Å². The third-order valence-electron chi connectivity index (χ3n) is 7.40. The molecule has 9 nitrogen and oxygen atoms in total. The van der Waals surface area contributed by atoms with Crippen molar-refractivity contribution in [2.75, 3.05) is 33.8 Å². The molecule has 2 aromatic carbocycles. The van der Waals surface area contributed by atoms with Crippen LogP contribution in [0.3, 0.4) is 0 Å². The van der Waals surface area contributed by atoms with Crippen LogP contribution in [0, 0.1) is 0 Å². The minimum absolute atomic E-state index is 0.132. The van der Waals surface area contributed by atoms with E-state index in [0.29, 0.717) is 32.5 Å². The smallest absolute Gasteiger partial charge is 0.245 e. The quantitative estimate of drug-likeness (QED) is 0.358. The van der Waals surface area contributed by atoms with Gasteiger partial charge in [-0.25, -0.2) is 0 Å². The molecule has 1 aliphatic rings. The van der Waals surface area contributed by atoms with Crippen molar-refractivity contribution >= 4 is 17.7 Å². The molecule has 1 unspecified atom stereocenters. The summed E-state index contributed by atoms with van der Waals surface area (Å²) in [4.78, 5) is 42.9. The van der Waals surface area contributed by atoms with Gasteiger partial charge in [-0.2, -0.15) is 0 Å². The molecule has 4 N–H and O–H groups in total. The average Bonchev–Trinajstić information content (AvgIpc) is 3.42. The number of likely N-dealkylation sites (tertiary alicyclic amines) is 1. The molecule has 0 aliphatic carbocycles.